The van der Waals surface area contributed by atoms with Crippen LogP contribution in [0.3, 0.4) is 0 Å². The van der Waals surface area contributed by atoms with Gasteiger partial charge in [0.2, 0.25) is 0 Å². The molecule has 21 heavy (non-hydrogen) atoms. The zero-order valence-electron chi connectivity index (χ0n) is 13.2. The molecule has 4 aliphatic rings. The molecule has 0 amide bonds. The minimum atomic E-state index is -0.0212. The van der Waals surface area contributed by atoms with Crippen molar-refractivity contribution in [2.24, 2.45) is 35.0 Å². The largest absolute Gasteiger partial charge is 0.299 e. The third-order valence-electron chi connectivity index (χ3n) is 7.37. The Labute approximate surface area is 127 Å². The van der Waals surface area contributed by atoms with Gasteiger partial charge < -0.3 is 0 Å². The normalized spacial score (nSPS) is 49.2. The van der Waals surface area contributed by atoms with E-state index in [0.29, 0.717) is 29.3 Å². The predicted octanol–water partition coefficient (Wildman–Crippen LogP) is 3.94. The molecule has 6 atom stereocenters. The SMILES string of the molecule is CC1C[C@H]2C3CCC(=O)[C@@]3(C)CC[C@@H]2[C@H]2CCC(=O)C=C12. The summed E-state index contributed by atoms with van der Waals surface area (Å²) in [6.45, 7) is 4.54. The molecule has 0 aromatic rings. The van der Waals surface area contributed by atoms with Gasteiger partial charge in [-0.15, -0.1) is 0 Å². The van der Waals surface area contributed by atoms with Crippen LogP contribution < -0.4 is 0 Å². The summed E-state index contributed by atoms with van der Waals surface area (Å²) < 4.78 is 0. The minimum Gasteiger partial charge on any atom is -0.299 e. The van der Waals surface area contributed by atoms with Gasteiger partial charge in [-0.25, -0.2) is 0 Å². The smallest absolute Gasteiger partial charge is 0.155 e. The molecule has 2 nitrogen and oxygen atoms in total. The molecule has 3 fully saturated rings. The first-order valence-electron chi connectivity index (χ1n) is 8.78. The lowest BCUT2D eigenvalue weighted by molar-refractivity contribution is -0.131. The van der Waals surface area contributed by atoms with Crippen molar-refractivity contribution in [1.29, 1.82) is 0 Å². The van der Waals surface area contributed by atoms with E-state index < -0.39 is 0 Å². The molecule has 4 rings (SSSR count). The van der Waals surface area contributed by atoms with Crippen molar-refractivity contribution in [1.82, 2.24) is 0 Å². The van der Waals surface area contributed by atoms with Crippen molar-refractivity contribution < 1.29 is 9.59 Å². The molecule has 0 bridgehead atoms. The Kier molecular flexibility index (Phi) is 2.96. The Balaban J connectivity index is 1.68. The fraction of sp³-hybridized carbons (Fsp3) is 0.789. The minimum absolute atomic E-state index is 0.0212. The summed E-state index contributed by atoms with van der Waals surface area (Å²) in [7, 11) is 0. The zero-order valence-corrected chi connectivity index (χ0v) is 13.2. The van der Waals surface area contributed by atoms with Gasteiger partial charge in [0.05, 0.1) is 0 Å². The van der Waals surface area contributed by atoms with E-state index in [1.165, 1.54) is 18.4 Å². The maximum absolute atomic E-state index is 12.4. The van der Waals surface area contributed by atoms with Crippen molar-refractivity contribution in [3.05, 3.63) is 11.6 Å². The van der Waals surface area contributed by atoms with Gasteiger partial charge in [-0.05, 0) is 67.8 Å². The van der Waals surface area contributed by atoms with Gasteiger partial charge in [0.15, 0.2) is 5.78 Å². The molecule has 4 aliphatic carbocycles. The highest BCUT2D eigenvalue weighted by Gasteiger charge is 2.56. The number of hydrogen-bond acceptors (Lipinski definition) is 2. The molecule has 0 N–H and O–H groups in total. The average Bonchev–Trinajstić information content (AvgIpc) is 2.76. The van der Waals surface area contributed by atoms with Crippen LogP contribution >= 0.6 is 0 Å². The van der Waals surface area contributed by atoms with E-state index in [9.17, 15) is 9.59 Å². The molecule has 2 heteroatoms. The second-order valence-corrected chi connectivity index (χ2v) is 8.24. The molecule has 2 unspecified atom stereocenters. The number of ketones is 2. The summed E-state index contributed by atoms with van der Waals surface area (Å²) in [4.78, 5) is 24.1. The molecule has 0 heterocycles. The fourth-order valence-corrected chi connectivity index (χ4v) is 6.27. The molecule has 0 aromatic carbocycles. The average molecular weight is 286 g/mol. The lowest BCUT2D eigenvalue weighted by atomic mass is 9.50. The molecule has 0 aliphatic heterocycles. The first kappa shape index (κ1) is 13.7. The summed E-state index contributed by atoms with van der Waals surface area (Å²) in [6.07, 6.45) is 9.20. The standard InChI is InChI=1S/C19H26O2/c1-11-9-16-14(13-4-3-12(20)10-15(11)13)7-8-19(2)17(16)5-6-18(19)21/h10-11,13-14,16-17H,3-9H2,1-2H3/t11?,13-,14-,16-,17?,19+/m1/s1. The zero-order chi connectivity index (χ0) is 14.8. The van der Waals surface area contributed by atoms with E-state index >= 15 is 0 Å². The summed E-state index contributed by atoms with van der Waals surface area (Å²) >= 11 is 0. The van der Waals surface area contributed by atoms with Gasteiger partial charge in [0.25, 0.3) is 0 Å². The quantitative estimate of drug-likeness (QED) is 0.676. The Bertz CT molecular complexity index is 532. The van der Waals surface area contributed by atoms with E-state index in [2.05, 4.69) is 13.8 Å². The van der Waals surface area contributed by atoms with Crippen LogP contribution in [0.2, 0.25) is 0 Å². The summed E-state index contributed by atoms with van der Waals surface area (Å²) in [6, 6.07) is 0. The fourth-order valence-electron chi connectivity index (χ4n) is 6.27. The first-order valence-corrected chi connectivity index (χ1v) is 8.78. The summed E-state index contributed by atoms with van der Waals surface area (Å²) in [5, 5.41) is 0. The van der Waals surface area contributed by atoms with Crippen LogP contribution in [-0.2, 0) is 9.59 Å². The molecular weight excluding hydrogens is 260 g/mol. The second-order valence-electron chi connectivity index (χ2n) is 8.24. The van der Waals surface area contributed by atoms with Gasteiger partial charge in [0.1, 0.15) is 5.78 Å². The van der Waals surface area contributed by atoms with Gasteiger partial charge in [0, 0.05) is 18.3 Å². The Hall–Kier alpha value is -0.920. The summed E-state index contributed by atoms with van der Waals surface area (Å²) in [5.74, 6) is 4.12. The number of carbonyl (C=O) groups is 2. The molecule has 0 spiro atoms. The Morgan fingerprint density at radius 1 is 1.10 bits per heavy atom. The molecular formula is C19H26O2. The molecule has 114 valence electrons. The highest BCUT2D eigenvalue weighted by Crippen LogP contribution is 2.61. The lowest BCUT2D eigenvalue weighted by Gasteiger charge is -2.53. The molecule has 3 saturated carbocycles. The highest BCUT2D eigenvalue weighted by molar-refractivity contribution is 5.91. The number of Topliss-reactive ketones (excluding diaryl/α,β-unsaturated/α-hetero) is 1. The number of fused-ring (bicyclic) bond motifs is 5. The molecule has 0 saturated heterocycles. The number of allylic oxidation sites excluding steroid dienone is 1. The van der Waals surface area contributed by atoms with E-state index in [0.717, 1.165) is 43.9 Å². The highest BCUT2D eigenvalue weighted by atomic mass is 16.1. The van der Waals surface area contributed by atoms with Crippen molar-refractivity contribution in [2.45, 2.75) is 58.8 Å². The maximum atomic E-state index is 12.4. The first-order chi connectivity index (χ1) is 10.0. The number of carbonyl (C=O) groups excluding carboxylic acids is 2. The third-order valence-corrected chi connectivity index (χ3v) is 7.37. The van der Waals surface area contributed by atoms with E-state index in [-0.39, 0.29) is 5.41 Å². The molecule has 0 radical (unpaired) electrons. The lowest BCUT2D eigenvalue weighted by Crippen LogP contribution is -2.48. The Morgan fingerprint density at radius 3 is 2.71 bits per heavy atom. The monoisotopic (exact) mass is 286 g/mol. The van der Waals surface area contributed by atoms with E-state index in [1.54, 1.807) is 0 Å². The van der Waals surface area contributed by atoms with Crippen molar-refractivity contribution in [2.75, 3.05) is 0 Å². The topological polar surface area (TPSA) is 34.1 Å². The second kappa shape index (κ2) is 4.54. The van der Waals surface area contributed by atoms with Gasteiger partial charge in [-0.2, -0.15) is 0 Å². The van der Waals surface area contributed by atoms with Gasteiger partial charge >= 0.3 is 0 Å². The maximum Gasteiger partial charge on any atom is 0.155 e. The van der Waals surface area contributed by atoms with E-state index in [4.69, 9.17) is 0 Å². The van der Waals surface area contributed by atoms with Gasteiger partial charge in [-0.3, -0.25) is 9.59 Å². The van der Waals surface area contributed by atoms with Crippen LogP contribution in [0.15, 0.2) is 11.6 Å². The molecule has 0 aromatic heterocycles. The van der Waals surface area contributed by atoms with Crippen molar-refractivity contribution in [3.8, 4) is 0 Å². The predicted molar refractivity (Wildman–Crippen MR) is 81.6 cm³/mol. The van der Waals surface area contributed by atoms with E-state index in [1.807, 2.05) is 6.08 Å². The number of rotatable bonds is 0. The van der Waals surface area contributed by atoms with Crippen LogP contribution in [0.1, 0.15) is 58.8 Å². The number of hydrogen-bond donors (Lipinski definition) is 0. The Morgan fingerprint density at radius 2 is 1.90 bits per heavy atom. The van der Waals surface area contributed by atoms with Crippen LogP contribution in [0.25, 0.3) is 0 Å². The summed E-state index contributed by atoms with van der Waals surface area (Å²) in [5.41, 5.74) is 1.42. The van der Waals surface area contributed by atoms with Gasteiger partial charge in [-0.1, -0.05) is 19.4 Å². The van der Waals surface area contributed by atoms with Crippen LogP contribution in [0.5, 0.6) is 0 Å². The van der Waals surface area contributed by atoms with Crippen LogP contribution in [-0.4, -0.2) is 11.6 Å². The third kappa shape index (κ3) is 1.83. The van der Waals surface area contributed by atoms with Crippen LogP contribution in [0, 0.1) is 35.0 Å². The van der Waals surface area contributed by atoms with Crippen molar-refractivity contribution >= 4 is 11.6 Å². The van der Waals surface area contributed by atoms with Crippen molar-refractivity contribution in [3.63, 3.8) is 0 Å². The van der Waals surface area contributed by atoms with Crippen LogP contribution in [0.4, 0.5) is 0 Å².